The summed E-state index contributed by atoms with van der Waals surface area (Å²) in [7, 11) is 0. The monoisotopic (exact) mass is 300 g/mol. The minimum Gasteiger partial charge on any atom is -0.480 e. The van der Waals surface area contributed by atoms with Crippen LogP contribution in [0.3, 0.4) is 0 Å². The van der Waals surface area contributed by atoms with Gasteiger partial charge in [-0.05, 0) is 19.8 Å². The normalized spacial score (nSPS) is 24.4. The van der Waals surface area contributed by atoms with Crippen LogP contribution >= 0.6 is 11.8 Å². The summed E-state index contributed by atoms with van der Waals surface area (Å²) in [6, 6.07) is -0.448. The van der Waals surface area contributed by atoms with Crippen molar-refractivity contribution >= 4 is 23.8 Å². The largest absolute Gasteiger partial charge is 0.480 e. The number of aliphatic carboxylic acids is 1. The Balaban J connectivity index is 2.07. The molecule has 1 aliphatic heterocycles. The number of urea groups is 1. The Hall–Kier alpha value is -0.910. The molecule has 2 fully saturated rings. The number of carboxylic acids is 1. The van der Waals surface area contributed by atoms with Gasteiger partial charge in [0.05, 0.1) is 0 Å². The zero-order valence-electron chi connectivity index (χ0n) is 12.1. The van der Waals surface area contributed by atoms with Crippen LogP contribution in [-0.2, 0) is 4.79 Å². The van der Waals surface area contributed by atoms with Crippen molar-refractivity contribution in [1.82, 2.24) is 9.80 Å². The van der Waals surface area contributed by atoms with Crippen LogP contribution in [0.5, 0.6) is 0 Å². The summed E-state index contributed by atoms with van der Waals surface area (Å²) >= 11 is 1.61. The number of carbonyl (C=O) groups excluding carboxylic acids is 1. The van der Waals surface area contributed by atoms with Gasteiger partial charge in [0.2, 0.25) is 0 Å². The van der Waals surface area contributed by atoms with Gasteiger partial charge in [-0.1, -0.05) is 19.3 Å². The molecule has 1 atom stereocenters. The van der Waals surface area contributed by atoms with Crippen molar-refractivity contribution in [3.63, 3.8) is 0 Å². The Kier molecular flexibility index (Phi) is 5.57. The fourth-order valence-corrected chi connectivity index (χ4v) is 4.18. The summed E-state index contributed by atoms with van der Waals surface area (Å²) in [5.74, 6) is 0.450. The zero-order chi connectivity index (χ0) is 14.5. The topological polar surface area (TPSA) is 60.9 Å². The lowest BCUT2D eigenvalue weighted by atomic mass is 9.94. The summed E-state index contributed by atoms with van der Waals surface area (Å²) in [5.41, 5.74) is 0. The van der Waals surface area contributed by atoms with Crippen molar-refractivity contribution in [2.24, 2.45) is 0 Å². The summed E-state index contributed by atoms with van der Waals surface area (Å²) in [5, 5.41) is 9.30. The molecule has 0 aromatic carbocycles. The first-order valence-electron chi connectivity index (χ1n) is 7.53. The van der Waals surface area contributed by atoms with Crippen LogP contribution in [0.15, 0.2) is 0 Å². The van der Waals surface area contributed by atoms with E-state index in [-0.39, 0.29) is 6.03 Å². The van der Waals surface area contributed by atoms with Gasteiger partial charge in [-0.25, -0.2) is 9.59 Å². The fourth-order valence-electron chi connectivity index (χ4n) is 3.14. The molecule has 1 aliphatic carbocycles. The number of nitrogens with zero attached hydrogens (tertiary/aromatic N) is 2. The number of rotatable bonds is 3. The minimum atomic E-state index is -0.884. The van der Waals surface area contributed by atoms with E-state index >= 15 is 0 Å². The molecule has 20 heavy (non-hydrogen) atoms. The van der Waals surface area contributed by atoms with E-state index in [4.69, 9.17) is 0 Å². The standard InChI is InChI=1S/C14H24N2O3S/c1-2-15(11-6-4-3-5-7-11)14(19)16-8-9-20-10-12(16)13(17)18/h11-12H,2-10H2,1H3,(H,17,18). The van der Waals surface area contributed by atoms with Gasteiger partial charge in [-0.15, -0.1) is 0 Å². The average molecular weight is 300 g/mol. The van der Waals surface area contributed by atoms with Crippen molar-refractivity contribution in [3.05, 3.63) is 0 Å². The maximum atomic E-state index is 12.7. The van der Waals surface area contributed by atoms with Gasteiger partial charge in [-0.2, -0.15) is 11.8 Å². The van der Waals surface area contributed by atoms with E-state index in [1.54, 1.807) is 16.7 Å². The summed E-state index contributed by atoms with van der Waals surface area (Å²) in [6.45, 7) is 3.20. The molecule has 2 amide bonds. The van der Waals surface area contributed by atoms with Gasteiger partial charge in [0.25, 0.3) is 0 Å². The molecule has 114 valence electrons. The van der Waals surface area contributed by atoms with E-state index in [1.807, 2.05) is 11.8 Å². The summed E-state index contributed by atoms with van der Waals surface area (Å²) < 4.78 is 0. The first-order valence-corrected chi connectivity index (χ1v) is 8.68. The molecule has 5 nitrogen and oxygen atoms in total. The van der Waals surface area contributed by atoms with Crippen molar-refractivity contribution in [3.8, 4) is 0 Å². The van der Waals surface area contributed by atoms with Crippen LogP contribution in [0.4, 0.5) is 4.79 Å². The minimum absolute atomic E-state index is 0.0768. The zero-order valence-corrected chi connectivity index (χ0v) is 12.9. The molecule has 1 heterocycles. The highest BCUT2D eigenvalue weighted by Crippen LogP contribution is 2.25. The fraction of sp³-hybridized carbons (Fsp3) is 0.857. The lowest BCUT2D eigenvalue weighted by molar-refractivity contribution is -0.141. The molecule has 1 saturated heterocycles. The highest BCUT2D eigenvalue weighted by atomic mass is 32.2. The van der Waals surface area contributed by atoms with Crippen LogP contribution in [0.1, 0.15) is 39.0 Å². The number of thioether (sulfide) groups is 1. The molecule has 0 bridgehead atoms. The highest BCUT2D eigenvalue weighted by molar-refractivity contribution is 7.99. The van der Waals surface area contributed by atoms with Gasteiger partial charge in [0.1, 0.15) is 6.04 Å². The molecule has 0 spiro atoms. The number of carboxylic acid groups (broad SMARTS) is 1. The lowest BCUT2D eigenvalue weighted by Gasteiger charge is -2.40. The first kappa shape index (κ1) is 15.5. The summed E-state index contributed by atoms with van der Waals surface area (Å²) in [4.78, 5) is 27.5. The maximum absolute atomic E-state index is 12.7. The number of hydrogen-bond donors (Lipinski definition) is 1. The van der Waals surface area contributed by atoms with Gasteiger partial charge in [0.15, 0.2) is 0 Å². The maximum Gasteiger partial charge on any atom is 0.327 e. The van der Waals surface area contributed by atoms with E-state index in [2.05, 4.69) is 0 Å². The molecule has 1 saturated carbocycles. The Labute approximate surface area is 124 Å². The second kappa shape index (κ2) is 7.20. The molecule has 1 unspecified atom stereocenters. The third-order valence-electron chi connectivity index (χ3n) is 4.26. The van der Waals surface area contributed by atoms with Gasteiger partial charge in [-0.3, -0.25) is 0 Å². The molecule has 2 aliphatic rings. The molecule has 1 N–H and O–H groups in total. The number of amides is 2. The second-order valence-corrected chi connectivity index (χ2v) is 6.63. The number of carbonyl (C=O) groups is 2. The Morgan fingerprint density at radius 2 is 2.00 bits per heavy atom. The van der Waals surface area contributed by atoms with Crippen LogP contribution in [0, 0.1) is 0 Å². The Morgan fingerprint density at radius 3 is 2.60 bits per heavy atom. The second-order valence-electron chi connectivity index (χ2n) is 5.48. The molecule has 0 radical (unpaired) electrons. The molecular weight excluding hydrogens is 276 g/mol. The quantitative estimate of drug-likeness (QED) is 0.868. The first-order chi connectivity index (χ1) is 9.65. The highest BCUT2D eigenvalue weighted by Gasteiger charge is 2.36. The third-order valence-corrected chi connectivity index (χ3v) is 5.28. The van der Waals surface area contributed by atoms with Crippen molar-refractivity contribution < 1.29 is 14.7 Å². The van der Waals surface area contributed by atoms with E-state index in [1.165, 1.54) is 19.3 Å². The smallest absolute Gasteiger partial charge is 0.327 e. The van der Waals surface area contributed by atoms with Crippen LogP contribution in [-0.4, -0.2) is 63.6 Å². The van der Waals surface area contributed by atoms with Gasteiger partial charge >= 0.3 is 12.0 Å². The Morgan fingerprint density at radius 1 is 1.30 bits per heavy atom. The van der Waals surface area contributed by atoms with Crippen LogP contribution < -0.4 is 0 Å². The third kappa shape index (κ3) is 3.40. The van der Waals surface area contributed by atoms with Crippen molar-refractivity contribution in [2.45, 2.75) is 51.1 Å². The molecular formula is C14H24N2O3S. The van der Waals surface area contributed by atoms with Gasteiger partial charge in [0, 0.05) is 30.6 Å². The predicted molar refractivity (Wildman–Crippen MR) is 80.1 cm³/mol. The number of hydrogen-bond acceptors (Lipinski definition) is 3. The van der Waals surface area contributed by atoms with Crippen LogP contribution in [0.2, 0.25) is 0 Å². The average Bonchev–Trinajstić information content (AvgIpc) is 2.49. The molecule has 0 aromatic heterocycles. The van der Waals surface area contributed by atoms with Crippen molar-refractivity contribution in [1.29, 1.82) is 0 Å². The van der Waals surface area contributed by atoms with E-state index in [0.717, 1.165) is 18.6 Å². The lowest BCUT2D eigenvalue weighted by Crippen LogP contribution is -2.57. The molecule has 0 aromatic rings. The van der Waals surface area contributed by atoms with E-state index < -0.39 is 12.0 Å². The molecule has 2 rings (SSSR count). The predicted octanol–water partition coefficient (Wildman–Crippen LogP) is 2.26. The summed E-state index contributed by atoms with van der Waals surface area (Å²) in [6.07, 6.45) is 5.71. The van der Waals surface area contributed by atoms with Crippen molar-refractivity contribution in [2.75, 3.05) is 24.6 Å². The van der Waals surface area contributed by atoms with E-state index in [0.29, 0.717) is 24.9 Å². The van der Waals surface area contributed by atoms with Crippen LogP contribution in [0.25, 0.3) is 0 Å². The van der Waals surface area contributed by atoms with Gasteiger partial charge < -0.3 is 14.9 Å². The molecule has 6 heteroatoms. The van der Waals surface area contributed by atoms with E-state index in [9.17, 15) is 14.7 Å². The SMILES string of the molecule is CCN(C(=O)N1CCSCC1C(=O)O)C1CCCCC1. The Bertz CT molecular complexity index is 358.